The molecule has 1 aromatic rings. The number of likely N-dealkylation sites (N-methyl/N-ethyl adjacent to an activating group) is 1. The van der Waals surface area contributed by atoms with E-state index in [9.17, 15) is 9.59 Å². The molecule has 0 aliphatic rings. The van der Waals surface area contributed by atoms with E-state index in [0.29, 0.717) is 12.2 Å². The summed E-state index contributed by atoms with van der Waals surface area (Å²) < 4.78 is 5.36. The molecule has 7 heteroatoms. The van der Waals surface area contributed by atoms with E-state index in [1.807, 2.05) is 7.05 Å². The molecule has 0 aliphatic carbocycles. The number of benzene rings is 1. The van der Waals surface area contributed by atoms with Crippen LogP contribution in [0.1, 0.15) is 12.8 Å². The van der Waals surface area contributed by atoms with Crippen LogP contribution in [0.15, 0.2) is 24.3 Å². The molecular formula is C15H24ClN3O3. The maximum absolute atomic E-state index is 11.6. The smallest absolute Gasteiger partial charge is 0.259 e. The van der Waals surface area contributed by atoms with Gasteiger partial charge in [-0.2, -0.15) is 0 Å². The monoisotopic (exact) mass is 329 g/mol. The molecule has 1 aromatic carbocycles. The summed E-state index contributed by atoms with van der Waals surface area (Å²) >= 11 is 0. The number of hydrogen-bond donors (Lipinski definition) is 2. The van der Waals surface area contributed by atoms with E-state index in [2.05, 4.69) is 10.6 Å². The second-order valence-electron chi connectivity index (χ2n) is 4.86. The highest BCUT2D eigenvalue weighted by atomic mass is 35.5. The van der Waals surface area contributed by atoms with Gasteiger partial charge in [-0.1, -0.05) is 0 Å². The van der Waals surface area contributed by atoms with Crippen molar-refractivity contribution < 1.29 is 14.3 Å². The zero-order valence-electron chi connectivity index (χ0n) is 13.2. The molecule has 0 unspecified atom stereocenters. The predicted octanol–water partition coefficient (Wildman–Crippen LogP) is 1.51. The Hall–Kier alpha value is -1.79. The number of carbonyl (C=O) groups is 2. The second-order valence-corrected chi connectivity index (χ2v) is 4.86. The molecule has 2 N–H and O–H groups in total. The van der Waals surface area contributed by atoms with Gasteiger partial charge in [0, 0.05) is 26.2 Å². The standard InChI is InChI=1S/C15H23N3O3.ClH/c1-16-10-4-5-14(19)17-12-6-8-13(9-7-12)21-11-15(20)18(2)3;/h6-9,16H,4-5,10-11H2,1-3H3,(H,17,19);1H. The third-order valence-corrected chi connectivity index (χ3v) is 2.83. The number of nitrogens with zero attached hydrogens (tertiary/aromatic N) is 1. The molecule has 1 rings (SSSR count). The highest BCUT2D eigenvalue weighted by Gasteiger charge is 2.05. The third kappa shape index (κ3) is 7.85. The number of amides is 2. The first-order valence-corrected chi connectivity index (χ1v) is 6.90. The van der Waals surface area contributed by atoms with Crippen molar-refractivity contribution in [2.75, 3.05) is 39.6 Å². The molecule has 0 spiro atoms. The maximum Gasteiger partial charge on any atom is 0.259 e. The first kappa shape index (κ1) is 20.2. The number of anilines is 1. The van der Waals surface area contributed by atoms with Gasteiger partial charge in [0.25, 0.3) is 5.91 Å². The number of ether oxygens (including phenoxy) is 1. The van der Waals surface area contributed by atoms with Crippen LogP contribution in [0.4, 0.5) is 5.69 Å². The van der Waals surface area contributed by atoms with Crippen LogP contribution in [0.2, 0.25) is 0 Å². The molecule has 2 amide bonds. The molecule has 124 valence electrons. The van der Waals surface area contributed by atoms with Crippen molar-refractivity contribution in [3.63, 3.8) is 0 Å². The van der Waals surface area contributed by atoms with E-state index in [4.69, 9.17) is 4.74 Å². The van der Waals surface area contributed by atoms with Gasteiger partial charge in [-0.05, 0) is 44.3 Å². The Balaban J connectivity index is 0.00000441. The lowest BCUT2D eigenvalue weighted by molar-refractivity contribution is -0.130. The lowest BCUT2D eigenvalue weighted by atomic mass is 10.2. The largest absolute Gasteiger partial charge is 0.484 e. The minimum absolute atomic E-state index is 0. The first-order chi connectivity index (χ1) is 10.0. The van der Waals surface area contributed by atoms with E-state index in [1.54, 1.807) is 38.4 Å². The summed E-state index contributed by atoms with van der Waals surface area (Å²) in [7, 11) is 5.22. The lowest BCUT2D eigenvalue weighted by Gasteiger charge is -2.11. The van der Waals surface area contributed by atoms with Gasteiger partial charge in [0.15, 0.2) is 6.61 Å². The van der Waals surface area contributed by atoms with Gasteiger partial charge in [0.1, 0.15) is 5.75 Å². The fourth-order valence-electron chi connectivity index (χ4n) is 1.56. The Bertz CT molecular complexity index is 464. The van der Waals surface area contributed by atoms with Gasteiger partial charge in [0.2, 0.25) is 5.91 Å². The number of carbonyl (C=O) groups excluding carboxylic acids is 2. The molecule has 0 bridgehead atoms. The summed E-state index contributed by atoms with van der Waals surface area (Å²) in [6.45, 7) is 0.822. The molecule has 0 aliphatic heterocycles. The molecular weight excluding hydrogens is 306 g/mol. The fraction of sp³-hybridized carbons (Fsp3) is 0.467. The normalized spacial score (nSPS) is 9.59. The fourth-order valence-corrected chi connectivity index (χ4v) is 1.56. The molecule has 0 atom stereocenters. The van der Waals surface area contributed by atoms with Gasteiger partial charge < -0.3 is 20.3 Å². The van der Waals surface area contributed by atoms with Gasteiger partial charge in [0.05, 0.1) is 0 Å². The van der Waals surface area contributed by atoms with E-state index >= 15 is 0 Å². The zero-order valence-corrected chi connectivity index (χ0v) is 14.0. The topological polar surface area (TPSA) is 70.7 Å². The summed E-state index contributed by atoms with van der Waals surface area (Å²) in [6.07, 6.45) is 1.28. The Morgan fingerprint density at radius 1 is 1.18 bits per heavy atom. The second kappa shape index (κ2) is 10.9. The summed E-state index contributed by atoms with van der Waals surface area (Å²) in [4.78, 5) is 24.5. The Kier molecular flexibility index (Phi) is 9.98. The van der Waals surface area contributed by atoms with Crippen LogP contribution in [-0.2, 0) is 9.59 Å². The van der Waals surface area contributed by atoms with Gasteiger partial charge >= 0.3 is 0 Å². The predicted molar refractivity (Wildman–Crippen MR) is 89.7 cm³/mol. The minimum atomic E-state index is -0.100. The number of halogens is 1. The van der Waals surface area contributed by atoms with Crippen molar-refractivity contribution in [3.8, 4) is 5.75 Å². The van der Waals surface area contributed by atoms with E-state index < -0.39 is 0 Å². The quantitative estimate of drug-likeness (QED) is 0.709. The highest BCUT2D eigenvalue weighted by molar-refractivity contribution is 5.90. The summed E-state index contributed by atoms with van der Waals surface area (Å²) in [5.74, 6) is 0.483. The van der Waals surface area contributed by atoms with E-state index in [-0.39, 0.29) is 30.8 Å². The van der Waals surface area contributed by atoms with Crippen molar-refractivity contribution in [1.29, 1.82) is 0 Å². The van der Waals surface area contributed by atoms with Crippen LogP contribution >= 0.6 is 12.4 Å². The van der Waals surface area contributed by atoms with Crippen LogP contribution in [-0.4, -0.2) is 51.0 Å². The van der Waals surface area contributed by atoms with Gasteiger partial charge in [-0.15, -0.1) is 12.4 Å². The Morgan fingerprint density at radius 2 is 1.82 bits per heavy atom. The summed E-state index contributed by atoms with van der Waals surface area (Å²) in [5.41, 5.74) is 0.718. The van der Waals surface area contributed by atoms with Crippen molar-refractivity contribution in [3.05, 3.63) is 24.3 Å². The Morgan fingerprint density at radius 3 is 2.36 bits per heavy atom. The van der Waals surface area contributed by atoms with Crippen LogP contribution in [0, 0.1) is 0 Å². The molecule has 0 saturated carbocycles. The van der Waals surface area contributed by atoms with Crippen LogP contribution < -0.4 is 15.4 Å². The van der Waals surface area contributed by atoms with Crippen molar-refractivity contribution in [2.24, 2.45) is 0 Å². The van der Waals surface area contributed by atoms with E-state index in [0.717, 1.165) is 18.7 Å². The molecule has 0 heterocycles. The summed E-state index contributed by atoms with van der Waals surface area (Å²) in [5, 5.41) is 5.81. The number of rotatable bonds is 8. The maximum atomic E-state index is 11.6. The van der Waals surface area contributed by atoms with Crippen LogP contribution in [0.5, 0.6) is 5.75 Å². The third-order valence-electron chi connectivity index (χ3n) is 2.83. The average molecular weight is 330 g/mol. The first-order valence-electron chi connectivity index (χ1n) is 6.90. The van der Waals surface area contributed by atoms with Gasteiger partial charge in [-0.3, -0.25) is 9.59 Å². The van der Waals surface area contributed by atoms with Crippen molar-refractivity contribution in [1.82, 2.24) is 10.2 Å². The number of hydrogen-bond acceptors (Lipinski definition) is 4. The minimum Gasteiger partial charge on any atom is -0.484 e. The lowest BCUT2D eigenvalue weighted by Crippen LogP contribution is -2.27. The van der Waals surface area contributed by atoms with E-state index in [1.165, 1.54) is 4.90 Å². The Labute approximate surface area is 137 Å². The van der Waals surface area contributed by atoms with Crippen LogP contribution in [0.25, 0.3) is 0 Å². The molecule has 22 heavy (non-hydrogen) atoms. The molecule has 0 radical (unpaired) electrons. The van der Waals surface area contributed by atoms with Gasteiger partial charge in [-0.25, -0.2) is 0 Å². The average Bonchev–Trinajstić information content (AvgIpc) is 2.46. The van der Waals surface area contributed by atoms with Crippen LogP contribution in [0.3, 0.4) is 0 Å². The molecule has 0 fully saturated rings. The molecule has 0 aromatic heterocycles. The number of nitrogens with one attached hydrogen (secondary N) is 2. The highest BCUT2D eigenvalue weighted by Crippen LogP contribution is 2.16. The molecule has 6 nitrogen and oxygen atoms in total. The summed E-state index contributed by atoms with van der Waals surface area (Å²) in [6, 6.07) is 6.97. The molecule has 0 saturated heterocycles. The van der Waals surface area contributed by atoms with Crippen molar-refractivity contribution in [2.45, 2.75) is 12.8 Å². The zero-order chi connectivity index (χ0) is 15.7. The SMILES string of the molecule is CNCCCC(=O)Nc1ccc(OCC(=O)N(C)C)cc1.Cl. The van der Waals surface area contributed by atoms with Crippen molar-refractivity contribution >= 4 is 29.9 Å².